The second-order valence-electron chi connectivity index (χ2n) is 5.53. The van der Waals surface area contributed by atoms with Gasteiger partial charge in [0.05, 0.1) is 13.7 Å². The molecular weight excluding hydrogens is 292 g/mol. The minimum atomic E-state index is -0.946. The molecule has 3 unspecified atom stereocenters. The second kappa shape index (κ2) is 6.86. The predicted molar refractivity (Wildman–Crippen MR) is 88.7 cm³/mol. The minimum Gasteiger partial charge on any atom is -0.497 e. The van der Waals surface area contributed by atoms with E-state index in [1.54, 1.807) is 7.11 Å². The summed E-state index contributed by atoms with van der Waals surface area (Å²) >= 11 is 0. The van der Waals surface area contributed by atoms with E-state index < -0.39 is 12.2 Å². The molecule has 2 N–H and O–H groups in total. The van der Waals surface area contributed by atoms with Gasteiger partial charge in [0.25, 0.3) is 0 Å². The molecule has 0 amide bonds. The Morgan fingerprint density at radius 2 is 2.00 bits per heavy atom. The van der Waals surface area contributed by atoms with Gasteiger partial charge in [-0.15, -0.1) is 0 Å². The van der Waals surface area contributed by atoms with E-state index in [9.17, 15) is 10.2 Å². The molecule has 2 aromatic rings. The highest BCUT2D eigenvalue weighted by Gasteiger charge is 2.37. The fourth-order valence-corrected chi connectivity index (χ4v) is 2.83. The third kappa shape index (κ3) is 3.23. The summed E-state index contributed by atoms with van der Waals surface area (Å²) in [6.45, 7) is -0.342. The third-order valence-electron chi connectivity index (χ3n) is 4.05. The zero-order chi connectivity index (χ0) is 16.2. The van der Waals surface area contributed by atoms with Gasteiger partial charge < -0.3 is 19.7 Å². The van der Waals surface area contributed by atoms with Gasteiger partial charge in [0.15, 0.2) is 0 Å². The Kier molecular flexibility index (Phi) is 4.65. The fraction of sp³-hybridized carbons (Fsp3) is 0.263. The summed E-state index contributed by atoms with van der Waals surface area (Å²) < 4.78 is 11.1. The lowest BCUT2D eigenvalue weighted by atomic mass is 9.91. The molecule has 4 nitrogen and oxygen atoms in total. The molecule has 1 aliphatic rings. The quantitative estimate of drug-likeness (QED) is 0.891. The Balaban J connectivity index is 1.94. The van der Waals surface area contributed by atoms with Crippen LogP contribution in [0.3, 0.4) is 0 Å². The zero-order valence-corrected chi connectivity index (χ0v) is 12.9. The molecule has 0 radical (unpaired) electrons. The van der Waals surface area contributed by atoms with Crippen LogP contribution in [-0.4, -0.2) is 36.1 Å². The number of aliphatic hydroxyl groups is 2. The van der Waals surface area contributed by atoms with Gasteiger partial charge in [-0.2, -0.15) is 0 Å². The molecule has 4 heteroatoms. The molecule has 0 aliphatic carbocycles. The summed E-state index contributed by atoms with van der Waals surface area (Å²) in [7, 11) is 1.62. The van der Waals surface area contributed by atoms with Gasteiger partial charge in [-0.1, -0.05) is 42.5 Å². The number of hydrogen-bond acceptors (Lipinski definition) is 4. The summed E-state index contributed by atoms with van der Waals surface area (Å²) in [4.78, 5) is 0. The van der Waals surface area contributed by atoms with Crippen LogP contribution in [0.15, 0.2) is 54.6 Å². The fourth-order valence-electron chi connectivity index (χ4n) is 2.83. The average molecular weight is 312 g/mol. The summed E-state index contributed by atoms with van der Waals surface area (Å²) in [5.74, 6) is 1.30. The van der Waals surface area contributed by atoms with Crippen LogP contribution in [-0.2, 0) is 0 Å². The Bertz CT molecular complexity index is 681. The minimum absolute atomic E-state index is 0.151. The van der Waals surface area contributed by atoms with Gasteiger partial charge in [-0.25, -0.2) is 0 Å². The molecule has 1 aliphatic heterocycles. The van der Waals surface area contributed by atoms with Gasteiger partial charge >= 0.3 is 0 Å². The van der Waals surface area contributed by atoms with Crippen molar-refractivity contribution in [2.45, 2.75) is 18.1 Å². The number of benzene rings is 2. The maximum atomic E-state index is 10.1. The monoisotopic (exact) mass is 312 g/mol. The molecule has 120 valence electrons. The third-order valence-corrected chi connectivity index (χ3v) is 4.05. The standard InChI is InChI=1S/C19H20O4/c1-22-14-8-10-18-16(11-14)15(19(23-18)17(21)12-20)9-7-13-5-3-2-4-6-13/h2-11,15,17,19-21H,12H2,1H3. The van der Waals surface area contributed by atoms with Gasteiger partial charge in [-0.05, 0) is 23.8 Å². The van der Waals surface area contributed by atoms with E-state index in [2.05, 4.69) is 0 Å². The van der Waals surface area contributed by atoms with E-state index in [0.717, 1.165) is 16.9 Å². The van der Waals surface area contributed by atoms with Crippen molar-refractivity contribution in [2.24, 2.45) is 0 Å². The number of aliphatic hydroxyl groups excluding tert-OH is 2. The summed E-state index contributed by atoms with van der Waals surface area (Å²) in [6.07, 6.45) is 2.55. The number of ether oxygens (including phenoxy) is 2. The molecule has 2 aromatic carbocycles. The van der Waals surface area contributed by atoms with E-state index in [0.29, 0.717) is 5.75 Å². The summed E-state index contributed by atoms with van der Waals surface area (Å²) in [5.41, 5.74) is 2.02. The highest BCUT2D eigenvalue weighted by molar-refractivity contribution is 5.55. The Labute approximate surface area is 135 Å². The lowest BCUT2D eigenvalue weighted by Crippen LogP contribution is -2.35. The van der Waals surface area contributed by atoms with Crippen LogP contribution in [0.4, 0.5) is 0 Å². The zero-order valence-electron chi connectivity index (χ0n) is 12.9. The maximum Gasteiger partial charge on any atom is 0.137 e. The normalized spacial score (nSPS) is 21.0. The van der Waals surface area contributed by atoms with Gasteiger partial charge in [0.1, 0.15) is 23.7 Å². The highest BCUT2D eigenvalue weighted by atomic mass is 16.5. The van der Waals surface area contributed by atoms with Crippen LogP contribution in [0, 0.1) is 0 Å². The first-order valence-corrected chi connectivity index (χ1v) is 7.59. The smallest absolute Gasteiger partial charge is 0.137 e. The van der Waals surface area contributed by atoms with Gasteiger partial charge in [-0.3, -0.25) is 0 Å². The number of hydrogen-bond donors (Lipinski definition) is 2. The van der Waals surface area contributed by atoms with Crippen LogP contribution in [0.1, 0.15) is 17.0 Å². The molecule has 1 heterocycles. The van der Waals surface area contributed by atoms with Crippen molar-refractivity contribution >= 4 is 6.08 Å². The molecule has 3 rings (SSSR count). The number of fused-ring (bicyclic) bond motifs is 1. The van der Waals surface area contributed by atoms with E-state index in [-0.39, 0.29) is 12.5 Å². The summed E-state index contributed by atoms with van der Waals surface area (Å²) in [5, 5.41) is 19.4. The van der Waals surface area contributed by atoms with E-state index in [1.807, 2.05) is 60.7 Å². The van der Waals surface area contributed by atoms with Crippen LogP contribution in [0.5, 0.6) is 11.5 Å². The van der Waals surface area contributed by atoms with Gasteiger partial charge in [0.2, 0.25) is 0 Å². The molecule has 0 fully saturated rings. The average Bonchev–Trinajstić information content (AvgIpc) is 2.97. The predicted octanol–water partition coefficient (Wildman–Crippen LogP) is 2.61. The van der Waals surface area contributed by atoms with Gasteiger partial charge in [0, 0.05) is 11.5 Å². The highest BCUT2D eigenvalue weighted by Crippen LogP contribution is 2.42. The molecule has 0 saturated carbocycles. The van der Waals surface area contributed by atoms with Crippen molar-refractivity contribution < 1.29 is 19.7 Å². The number of rotatable bonds is 5. The Morgan fingerprint density at radius 1 is 1.22 bits per heavy atom. The van der Waals surface area contributed by atoms with Crippen molar-refractivity contribution in [3.05, 3.63) is 65.7 Å². The van der Waals surface area contributed by atoms with E-state index >= 15 is 0 Å². The molecule has 0 aromatic heterocycles. The second-order valence-corrected chi connectivity index (χ2v) is 5.53. The van der Waals surface area contributed by atoms with Crippen molar-refractivity contribution in [2.75, 3.05) is 13.7 Å². The van der Waals surface area contributed by atoms with E-state index in [1.165, 1.54) is 0 Å². The first-order chi connectivity index (χ1) is 11.2. The lowest BCUT2D eigenvalue weighted by Gasteiger charge is -2.20. The Hall–Kier alpha value is -2.30. The Morgan fingerprint density at radius 3 is 2.70 bits per heavy atom. The molecule has 0 bridgehead atoms. The molecule has 0 saturated heterocycles. The van der Waals surface area contributed by atoms with Crippen LogP contribution in [0.2, 0.25) is 0 Å². The first-order valence-electron chi connectivity index (χ1n) is 7.59. The molecule has 23 heavy (non-hydrogen) atoms. The maximum absolute atomic E-state index is 10.1. The molecule has 0 spiro atoms. The summed E-state index contributed by atoms with van der Waals surface area (Å²) in [6, 6.07) is 15.5. The SMILES string of the molecule is COc1ccc2c(c1)C(C=Cc1ccccc1)C(C(O)CO)O2. The van der Waals surface area contributed by atoms with Crippen molar-refractivity contribution in [3.63, 3.8) is 0 Å². The van der Waals surface area contributed by atoms with Crippen LogP contribution < -0.4 is 9.47 Å². The van der Waals surface area contributed by atoms with Crippen LogP contribution >= 0.6 is 0 Å². The van der Waals surface area contributed by atoms with Crippen molar-refractivity contribution in [1.82, 2.24) is 0 Å². The molecular formula is C19H20O4. The van der Waals surface area contributed by atoms with E-state index in [4.69, 9.17) is 9.47 Å². The van der Waals surface area contributed by atoms with Crippen LogP contribution in [0.25, 0.3) is 6.08 Å². The first kappa shape index (κ1) is 15.6. The topological polar surface area (TPSA) is 58.9 Å². The van der Waals surface area contributed by atoms with Crippen molar-refractivity contribution in [1.29, 1.82) is 0 Å². The largest absolute Gasteiger partial charge is 0.497 e. The van der Waals surface area contributed by atoms with Crippen molar-refractivity contribution in [3.8, 4) is 11.5 Å². The molecule has 3 atom stereocenters. The lowest BCUT2D eigenvalue weighted by molar-refractivity contribution is 0.00418. The number of methoxy groups -OCH3 is 1.